The minimum Gasteiger partial charge on any atom is -0.371 e. The van der Waals surface area contributed by atoms with Gasteiger partial charge in [0, 0.05) is 19.2 Å². The van der Waals surface area contributed by atoms with Crippen LogP contribution in [0.25, 0.3) is 0 Å². The highest BCUT2D eigenvalue weighted by Crippen LogP contribution is 2.22. The normalized spacial score (nSPS) is 21.5. The van der Waals surface area contributed by atoms with E-state index in [0.29, 0.717) is 13.3 Å². The van der Waals surface area contributed by atoms with Gasteiger partial charge in [0.05, 0.1) is 25.1 Å². The Kier molecular flexibility index (Phi) is 4.95. The molecule has 4 rings (SSSR count). The van der Waals surface area contributed by atoms with Crippen molar-refractivity contribution in [2.45, 2.75) is 44.9 Å². The molecule has 0 bridgehead atoms. The van der Waals surface area contributed by atoms with Gasteiger partial charge in [0.15, 0.2) is 0 Å². The standard InChI is InChI=1S/C20H25N3O2/c24-20-13-17-9-5-2-6-10-18(17)21-23(20)15-22-11-12-25-19(14-22)16-7-3-1-4-8-16/h1,3-4,7-8,13,19H,2,5-6,9-12,14-15H2/t19-/m1/s1. The lowest BCUT2D eigenvalue weighted by Gasteiger charge is -2.33. The zero-order valence-electron chi connectivity index (χ0n) is 14.6. The summed E-state index contributed by atoms with van der Waals surface area (Å²) in [5, 5.41) is 4.69. The fourth-order valence-corrected chi connectivity index (χ4v) is 3.77. The first kappa shape index (κ1) is 16.5. The van der Waals surface area contributed by atoms with E-state index in [-0.39, 0.29) is 11.7 Å². The molecule has 2 aromatic rings. The third kappa shape index (κ3) is 3.83. The summed E-state index contributed by atoms with van der Waals surface area (Å²) in [4.78, 5) is 14.7. The summed E-state index contributed by atoms with van der Waals surface area (Å²) in [5.41, 5.74) is 3.48. The highest BCUT2D eigenvalue weighted by atomic mass is 16.5. The molecular weight excluding hydrogens is 314 g/mol. The summed E-state index contributed by atoms with van der Waals surface area (Å²) in [6.45, 7) is 2.84. The van der Waals surface area contributed by atoms with E-state index in [1.165, 1.54) is 24.8 Å². The summed E-state index contributed by atoms with van der Waals surface area (Å²) >= 11 is 0. The monoisotopic (exact) mass is 339 g/mol. The molecule has 2 aliphatic rings. The van der Waals surface area contributed by atoms with Crippen molar-refractivity contribution in [1.29, 1.82) is 0 Å². The topological polar surface area (TPSA) is 47.4 Å². The molecule has 0 amide bonds. The summed E-state index contributed by atoms with van der Waals surface area (Å²) in [6.07, 6.45) is 5.61. The van der Waals surface area contributed by atoms with Crippen LogP contribution in [0, 0.1) is 0 Å². The molecule has 1 aromatic heterocycles. The molecule has 0 spiro atoms. The van der Waals surface area contributed by atoms with Crippen molar-refractivity contribution in [3.05, 3.63) is 63.6 Å². The Morgan fingerprint density at radius 2 is 1.96 bits per heavy atom. The predicted octanol–water partition coefficient (Wildman–Crippen LogP) is 2.54. The van der Waals surface area contributed by atoms with Crippen molar-refractivity contribution in [2.24, 2.45) is 0 Å². The van der Waals surface area contributed by atoms with E-state index in [4.69, 9.17) is 4.74 Å². The fourth-order valence-electron chi connectivity index (χ4n) is 3.77. The van der Waals surface area contributed by atoms with Gasteiger partial charge in [-0.3, -0.25) is 9.69 Å². The van der Waals surface area contributed by atoms with E-state index in [1.807, 2.05) is 24.3 Å². The first-order valence-electron chi connectivity index (χ1n) is 9.28. The van der Waals surface area contributed by atoms with E-state index in [9.17, 15) is 4.79 Å². The molecular formula is C20H25N3O2. The first-order chi connectivity index (χ1) is 12.3. The van der Waals surface area contributed by atoms with Crippen molar-refractivity contribution in [2.75, 3.05) is 19.7 Å². The quantitative estimate of drug-likeness (QED) is 0.807. The first-order valence-corrected chi connectivity index (χ1v) is 9.28. The van der Waals surface area contributed by atoms with Crippen LogP contribution < -0.4 is 5.56 Å². The number of aryl methyl sites for hydroxylation is 2. The van der Waals surface area contributed by atoms with Crippen molar-refractivity contribution >= 4 is 0 Å². The Labute approximate surface area is 148 Å². The van der Waals surface area contributed by atoms with Gasteiger partial charge in [-0.05, 0) is 36.8 Å². The molecule has 5 heteroatoms. The summed E-state index contributed by atoms with van der Waals surface area (Å²) in [7, 11) is 0. The van der Waals surface area contributed by atoms with Crippen LogP contribution in [-0.4, -0.2) is 34.4 Å². The molecule has 1 aliphatic carbocycles. The third-order valence-electron chi connectivity index (χ3n) is 5.18. The maximum atomic E-state index is 12.5. The van der Waals surface area contributed by atoms with Crippen LogP contribution in [-0.2, 0) is 24.2 Å². The average Bonchev–Trinajstić information content (AvgIpc) is 2.88. The largest absolute Gasteiger partial charge is 0.371 e. The van der Waals surface area contributed by atoms with Gasteiger partial charge < -0.3 is 4.74 Å². The van der Waals surface area contributed by atoms with Crippen molar-refractivity contribution < 1.29 is 4.74 Å². The van der Waals surface area contributed by atoms with Crippen LogP contribution >= 0.6 is 0 Å². The Balaban J connectivity index is 1.50. The molecule has 132 valence electrons. The van der Waals surface area contributed by atoms with Crippen LogP contribution in [0.2, 0.25) is 0 Å². The van der Waals surface area contributed by atoms with E-state index in [0.717, 1.165) is 37.2 Å². The second kappa shape index (κ2) is 7.50. The lowest BCUT2D eigenvalue weighted by atomic mass is 10.1. The zero-order chi connectivity index (χ0) is 17.1. The predicted molar refractivity (Wildman–Crippen MR) is 96.5 cm³/mol. The third-order valence-corrected chi connectivity index (χ3v) is 5.18. The summed E-state index contributed by atoms with van der Waals surface area (Å²) < 4.78 is 7.56. The Hall–Kier alpha value is -1.98. The Morgan fingerprint density at radius 1 is 1.12 bits per heavy atom. The van der Waals surface area contributed by atoms with Crippen LogP contribution in [0.1, 0.15) is 42.2 Å². The van der Waals surface area contributed by atoms with E-state index < -0.39 is 0 Å². The van der Waals surface area contributed by atoms with Crippen molar-refractivity contribution in [3.63, 3.8) is 0 Å². The molecule has 25 heavy (non-hydrogen) atoms. The minimum absolute atomic E-state index is 0.0170. The van der Waals surface area contributed by atoms with Gasteiger partial charge in [-0.2, -0.15) is 5.10 Å². The van der Waals surface area contributed by atoms with Gasteiger partial charge in [-0.15, -0.1) is 0 Å². The van der Waals surface area contributed by atoms with E-state index in [2.05, 4.69) is 22.1 Å². The van der Waals surface area contributed by atoms with Crippen LogP contribution in [0.5, 0.6) is 0 Å². The van der Waals surface area contributed by atoms with Gasteiger partial charge >= 0.3 is 0 Å². The molecule has 0 N–H and O–H groups in total. The number of nitrogens with zero attached hydrogens (tertiary/aromatic N) is 3. The van der Waals surface area contributed by atoms with Gasteiger partial charge in [-0.1, -0.05) is 36.8 Å². The van der Waals surface area contributed by atoms with Crippen molar-refractivity contribution in [3.8, 4) is 0 Å². The van der Waals surface area contributed by atoms with Gasteiger partial charge in [0.1, 0.15) is 0 Å². The number of benzene rings is 1. The molecule has 5 nitrogen and oxygen atoms in total. The van der Waals surface area contributed by atoms with Gasteiger partial charge in [-0.25, -0.2) is 4.68 Å². The SMILES string of the molecule is O=c1cc2c(nn1CN1CCO[C@@H](c3ccccc3)C1)CCCCC2. The number of morpholine rings is 1. The lowest BCUT2D eigenvalue weighted by Crippen LogP contribution is -2.42. The highest BCUT2D eigenvalue weighted by Gasteiger charge is 2.23. The fraction of sp³-hybridized carbons (Fsp3) is 0.500. The average molecular weight is 339 g/mol. The van der Waals surface area contributed by atoms with E-state index >= 15 is 0 Å². The molecule has 2 heterocycles. The second-order valence-electron chi connectivity index (χ2n) is 7.00. The van der Waals surface area contributed by atoms with E-state index in [1.54, 1.807) is 4.68 Å². The number of hydrogen-bond acceptors (Lipinski definition) is 4. The molecule has 0 unspecified atom stereocenters. The lowest BCUT2D eigenvalue weighted by molar-refractivity contribution is -0.0422. The number of fused-ring (bicyclic) bond motifs is 1. The van der Waals surface area contributed by atoms with Crippen LogP contribution in [0.4, 0.5) is 0 Å². The van der Waals surface area contributed by atoms with Gasteiger partial charge in [0.2, 0.25) is 0 Å². The Morgan fingerprint density at radius 3 is 2.84 bits per heavy atom. The van der Waals surface area contributed by atoms with Crippen molar-refractivity contribution in [1.82, 2.24) is 14.7 Å². The molecule has 1 aliphatic heterocycles. The van der Waals surface area contributed by atoms with Gasteiger partial charge in [0.25, 0.3) is 5.56 Å². The van der Waals surface area contributed by atoms with Crippen LogP contribution in [0.15, 0.2) is 41.2 Å². The summed E-state index contributed by atoms with van der Waals surface area (Å²) in [6, 6.07) is 12.1. The number of aromatic nitrogens is 2. The molecule has 1 aromatic carbocycles. The Bertz CT molecular complexity index is 772. The minimum atomic E-state index is 0.0170. The zero-order valence-corrected chi connectivity index (χ0v) is 14.6. The second-order valence-corrected chi connectivity index (χ2v) is 7.00. The molecule has 1 fully saturated rings. The summed E-state index contributed by atoms with van der Waals surface area (Å²) in [5.74, 6) is 0. The number of rotatable bonds is 3. The molecule has 1 atom stereocenters. The molecule has 0 saturated carbocycles. The number of hydrogen-bond donors (Lipinski definition) is 0. The molecule has 1 saturated heterocycles. The maximum Gasteiger partial charge on any atom is 0.268 e. The molecule has 0 radical (unpaired) electrons. The van der Waals surface area contributed by atoms with Crippen LogP contribution in [0.3, 0.4) is 0 Å². The number of ether oxygens (including phenoxy) is 1. The smallest absolute Gasteiger partial charge is 0.268 e. The highest BCUT2D eigenvalue weighted by molar-refractivity contribution is 5.20. The maximum absolute atomic E-state index is 12.5.